The van der Waals surface area contributed by atoms with Crippen LogP contribution in [-0.4, -0.2) is 14.2 Å². The molecule has 0 amide bonds. The summed E-state index contributed by atoms with van der Waals surface area (Å²) in [5.74, 6) is 0.203. The number of nitrogens with two attached hydrogens (primary N) is 1. The summed E-state index contributed by atoms with van der Waals surface area (Å²) < 4.78 is 24.8. The lowest BCUT2D eigenvalue weighted by molar-refractivity contribution is 0.592. The van der Waals surface area contributed by atoms with E-state index in [1.165, 1.54) is 0 Å². The van der Waals surface area contributed by atoms with Gasteiger partial charge < -0.3 is 5.73 Å². The number of fused-ring (bicyclic) bond motifs is 1. The summed E-state index contributed by atoms with van der Waals surface area (Å²) in [7, 11) is -3.23. The van der Waals surface area contributed by atoms with E-state index in [-0.39, 0.29) is 5.75 Å². The Labute approximate surface area is 114 Å². The molecule has 2 N–H and O–H groups in total. The molecule has 0 aliphatic carbocycles. The Hall–Kier alpha value is -1.55. The number of hydrogen-bond acceptors (Lipinski definition) is 3. The summed E-state index contributed by atoms with van der Waals surface area (Å²) in [5, 5.41) is 1.53. The van der Waals surface area contributed by atoms with Crippen molar-refractivity contribution in [2.24, 2.45) is 0 Å². The number of rotatable bonds is 5. The van der Waals surface area contributed by atoms with Crippen LogP contribution in [0.1, 0.15) is 26.2 Å². The minimum atomic E-state index is -3.23. The molecule has 0 radical (unpaired) electrons. The van der Waals surface area contributed by atoms with E-state index in [4.69, 9.17) is 5.73 Å². The highest BCUT2D eigenvalue weighted by molar-refractivity contribution is 7.91. The predicted molar refractivity (Wildman–Crippen MR) is 79.9 cm³/mol. The first-order chi connectivity index (χ1) is 9.06. The van der Waals surface area contributed by atoms with E-state index in [0.717, 1.165) is 23.6 Å². The molecule has 0 spiro atoms. The number of benzene rings is 2. The van der Waals surface area contributed by atoms with Crippen molar-refractivity contribution in [3.05, 3.63) is 36.4 Å². The summed E-state index contributed by atoms with van der Waals surface area (Å²) in [6, 6.07) is 10.7. The Kier molecular flexibility index (Phi) is 4.10. The molecule has 0 unspecified atom stereocenters. The zero-order valence-corrected chi connectivity index (χ0v) is 11.9. The van der Waals surface area contributed by atoms with Gasteiger partial charge in [0, 0.05) is 16.5 Å². The van der Waals surface area contributed by atoms with Gasteiger partial charge in [-0.25, -0.2) is 8.42 Å². The number of anilines is 1. The van der Waals surface area contributed by atoms with Crippen molar-refractivity contribution < 1.29 is 8.42 Å². The molecule has 0 heterocycles. The van der Waals surface area contributed by atoms with Gasteiger partial charge in [0.2, 0.25) is 0 Å². The van der Waals surface area contributed by atoms with Crippen molar-refractivity contribution in [1.82, 2.24) is 0 Å². The maximum atomic E-state index is 12.4. The van der Waals surface area contributed by atoms with Gasteiger partial charge in [-0.05, 0) is 18.6 Å². The standard InChI is InChI=1S/C15H19NO2S/c1-2-3-6-11-19(17,18)15-10-9-14(16)12-7-4-5-8-13(12)15/h4-5,7-10H,2-3,6,11,16H2,1H3. The first-order valence-corrected chi connectivity index (χ1v) is 8.21. The van der Waals surface area contributed by atoms with E-state index in [1.54, 1.807) is 12.1 Å². The van der Waals surface area contributed by atoms with Crippen LogP contribution in [0.4, 0.5) is 5.69 Å². The molecule has 4 heteroatoms. The first kappa shape index (κ1) is 13.9. The minimum absolute atomic E-state index is 0.203. The lowest BCUT2D eigenvalue weighted by atomic mass is 10.1. The summed E-state index contributed by atoms with van der Waals surface area (Å²) in [6.07, 6.45) is 2.65. The largest absolute Gasteiger partial charge is 0.398 e. The van der Waals surface area contributed by atoms with Crippen molar-refractivity contribution in [2.45, 2.75) is 31.1 Å². The van der Waals surface area contributed by atoms with Gasteiger partial charge >= 0.3 is 0 Å². The van der Waals surface area contributed by atoms with E-state index in [9.17, 15) is 8.42 Å². The quantitative estimate of drug-likeness (QED) is 0.673. The number of hydrogen-bond donors (Lipinski definition) is 1. The van der Waals surface area contributed by atoms with Crippen LogP contribution in [0.25, 0.3) is 10.8 Å². The molecule has 0 fully saturated rings. The van der Waals surface area contributed by atoms with Gasteiger partial charge in [0.05, 0.1) is 10.6 Å². The topological polar surface area (TPSA) is 60.2 Å². The Morgan fingerprint density at radius 2 is 1.68 bits per heavy atom. The molecule has 19 heavy (non-hydrogen) atoms. The fourth-order valence-corrected chi connectivity index (χ4v) is 3.81. The average Bonchev–Trinajstić information content (AvgIpc) is 2.39. The molecule has 0 aliphatic rings. The van der Waals surface area contributed by atoms with Gasteiger partial charge in [-0.2, -0.15) is 0 Å². The van der Waals surface area contributed by atoms with Crippen LogP contribution in [0.5, 0.6) is 0 Å². The fourth-order valence-electron chi connectivity index (χ4n) is 2.22. The average molecular weight is 277 g/mol. The monoisotopic (exact) mass is 277 g/mol. The van der Waals surface area contributed by atoms with Gasteiger partial charge in [0.15, 0.2) is 9.84 Å². The lowest BCUT2D eigenvalue weighted by Crippen LogP contribution is -2.08. The highest BCUT2D eigenvalue weighted by Crippen LogP contribution is 2.28. The summed E-state index contributed by atoms with van der Waals surface area (Å²) in [4.78, 5) is 0.397. The second-order valence-corrected chi connectivity index (χ2v) is 6.80. The maximum absolute atomic E-state index is 12.4. The lowest BCUT2D eigenvalue weighted by Gasteiger charge is -2.09. The van der Waals surface area contributed by atoms with Gasteiger partial charge in [-0.1, -0.05) is 44.0 Å². The molecule has 0 bridgehead atoms. The predicted octanol–water partition coefficient (Wildman–Crippen LogP) is 3.39. The minimum Gasteiger partial charge on any atom is -0.398 e. The second-order valence-electron chi connectivity index (χ2n) is 4.72. The van der Waals surface area contributed by atoms with E-state index in [1.807, 2.05) is 24.3 Å². The third kappa shape index (κ3) is 2.89. The Morgan fingerprint density at radius 3 is 2.37 bits per heavy atom. The van der Waals surface area contributed by atoms with Crippen LogP contribution in [-0.2, 0) is 9.84 Å². The van der Waals surface area contributed by atoms with Crippen LogP contribution in [0.3, 0.4) is 0 Å². The molecule has 2 aromatic carbocycles. The highest BCUT2D eigenvalue weighted by Gasteiger charge is 2.17. The van der Waals surface area contributed by atoms with Crippen LogP contribution in [0.15, 0.2) is 41.3 Å². The number of sulfone groups is 1. The Bertz CT molecular complexity index is 678. The van der Waals surface area contributed by atoms with Gasteiger partial charge in [0.25, 0.3) is 0 Å². The first-order valence-electron chi connectivity index (χ1n) is 6.56. The molecule has 102 valence electrons. The number of unbranched alkanes of at least 4 members (excludes halogenated alkanes) is 2. The second kappa shape index (κ2) is 5.61. The molecular weight excluding hydrogens is 258 g/mol. The van der Waals surface area contributed by atoms with Crippen LogP contribution >= 0.6 is 0 Å². The molecule has 0 aliphatic heterocycles. The van der Waals surface area contributed by atoms with E-state index < -0.39 is 9.84 Å². The zero-order valence-electron chi connectivity index (χ0n) is 11.1. The van der Waals surface area contributed by atoms with Crippen molar-refractivity contribution in [2.75, 3.05) is 11.5 Å². The van der Waals surface area contributed by atoms with Crippen LogP contribution in [0.2, 0.25) is 0 Å². The molecule has 0 aromatic heterocycles. The fraction of sp³-hybridized carbons (Fsp3) is 0.333. The molecule has 0 atom stereocenters. The third-order valence-electron chi connectivity index (χ3n) is 3.27. The molecular formula is C15H19NO2S. The zero-order chi connectivity index (χ0) is 13.9. The summed E-state index contributed by atoms with van der Waals surface area (Å²) in [6.45, 7) is 2.06. The molecule has 3 nitrogen and oxygen atoms in total. The van der Waals surface area contributed by atoms with Crippen LogP contribution in [0, 0.1) is 0 Å². The van der Waals surface area contributed by atoms with Crippen LogP contribution < -0.4 is 5.73 Å². The highest BCUT2D eigenvalue weighted by atomic mass is 32.2. The maximum Gasteiger partial charge on any atom is 0.178 e. The van der Waals surface area contributed by atoms with Crippen molar-refractivity contribution >= 4 is 26.3 Å². The van der Waals surface area contributed by atoms with Gasteiger partial charge in [0.1, 0.15) is 0 Å². The van der Waals surface area contributed by atoms with Crippen molar-refractivity contribution in [3.63, 3.8) is 0 Å². The molecule has 2 rings (SSSR count). The van der Waals surface area contributed by atoms with Gasteiger partial charge in [-0.3, -0.25) is 0 Å². The summed E-state index contributed by atoms with van der Waals surface area (Å²) >= 11 is 0. The number of nitrogen functional groups attached to an aromatic ring is 1. The Balaban J connectivity index is 2.48. The summed E-state index contributed by atoms with van der Waals surface area (Å²) in [5.41, 5.74) is 6.51. The van der Waals surface area contributed by atoms with E-state index in [0.29, 0.717) is 17.0 Å². The SMILES string of the molecule is CCCCCS(=O)(=O)c1ccc(N)c2ccccc12. The van der Waals surface area contributed by atoms with E-state index >= 15 is 0 Å². The molecule has 0 saturated carbocycles. The normalized spacial score (nSPS) is 11.8. The van der Waals surface area contributed by atoms with E-state index in [2.05, 4.69) is 6.92 Å². The molecule has 0 saturated heterocycles. The van der Waals surface area contributed by atoms with Crippen molar-refractivity contribution in [3.8, 4) is 0 Å². The molecule has 2 aromatic rings. The van der Waals surface area contributed by atoms with Crippen molar-refractivity contribution in [1.29, 1.82) is 0 Å². The Morgan fingerprint density at radius 1 is 1.00 bits per heavy atom. The smallest absolute Gasteiger partial charge is 0.178 e. The van der Waals surface area contributed by atoms with Gasteiger partial charge in [-0.15, -0.1) is 0 Å². The third-order valence-corrected chi connectivity index (χ3v) is 5.12.